The van der Waals surface area contributed by atoms with Crippen LogP contribution in [0.15, 0.2) is 18.2 Å². The van der Waals surface area contributed by atoms with Crippen molar-refractivity contribution >= 4 is 0 Å². The summed E-state index contributed by atoms with van der Waals surface area (Å²) in [5, 5.41) is 3.21. The van der Waals surface area contributed by atoms with Crippen molar-refractivity contribution in [3.8, 4) is 0 Å². The Kier molecular flexibility index (Phi) is 6.22. The van der Waals surface area contributed by atoms with Gasteiger partial charge in [0.2, 0.25) is 0 Å². The number of hydrogen-bond donors (Lipinski definition) is 1. The normalized spacial score (nSPS) is 13.0. The first kappa shape index (κ1) is 15.1. The Balaban J connectivity index is 2.34. The topological polar surface area (TPSA) is 21.3 Å². The third kappa shape index (κ3) is 5.56. The Labute approximate surface area is 107 Å². The molecule has 0 heterocycles. The lowest BCUT2D eigenvalue weighted by atomic mass is 10.1. The molecule has 1 atom stereocenters. The second-order valence-electron chi connectivity index (χ2n) is 4.65. The molecule has 0 saturated heterocycles. The molecule has 0 aliphatic rings. The lowest BCUT2D eigenvalue weighted by Gasteiger charge is -2.15. The van der Waals surface area contributed by atoms with Crippen LogP contribution in [0.3, 0.4) is 0 Å². The predicted octanol–water partition coefficient (Wildman–Crippen LogP) is 3.43. The summed E-state index contributed by atoms with van der Waals surface area (Å²) in [6.45, 7) is 7.32. The summed E-state index contributed by atoms with van der Waals surface area (Å²) in [5.41, 5.74) is 0.622. The number of benzene rings is 1. The summed E-state index contributed by atoms with van der Waals surface area (Å²) < 4.78 is 31.5. The van der Waals surface area contributed by atoms with E-state index < -0.39 is 11.6 Å². The number of nitrogens with one attached hydrogen (secondary N) is 1. The molecule has 0 fully saturated rings. The van der Waals surface area contributed by atoms with E-state index >= 15 is 0 Å². The van der Waals surface area contributed by atoms with Gasteiger partial charge in [-0.05, 0) is 51.4 Å². The molecule has 1 aromatic rings. The molecule has 0 aromatic heterocycles. The third-order valence-corrected chi connectivity index (χ3v) is 2.61. The molecule has 1 unspecified atom stereocenters. The maximum Gasteiger partial charge on any atom is 0.126 e. The van der Waals surface area contributed by atoms with Crippen LogP contribution in [0.4, 0.5) is 8.78 Å². The Morgan fingerprint density at radius 2 is 1.72 bits per heavy atom. The highest BCUT2D eigenvalue weighted by atomic mass is 19.1. The summed E-state index contributed by atoms with van der Waals surface area (Å²) in [5.74, 6) is -1.08. The summed E-state index contributed by atoms with van der Waals surface area (Å²) in [4.78, 5) is 0. The monoisotopic (exact) mass is 257 g/mol. The number of halogens is 2. The van der Waals surface area contributed by atoms with E-state index in [1.54, 1.807) is 0 Å². The highest BCUT2D eigenvalue weighted by Crippen LogP contribution is 2.15. The standard InChI is InChI=1S/C14H21F2NO/c1-10(2)18-6-4-5-17-11(3)12-7-13(15)9-14(16)8-12/h7-11,17H,4-6H2,1-3H3. The summed E-state index contributed by atoms with van der Waals surface area (Å²) >= 11 is 0. The fourth-order valence-electron chi connectivity index (χ4n) is 1.65. The minimum absolute atomic E-state index is 0.0748. The van der Waals surface area contributed by atoms with Crippen LogP contribution in [0.1, 0.15) is 38.8 Å². The minimum Gasteiger partial charge on any atom is -0.379 e. The van der Waals surface area contributed by atoms with Gasteiger partial charge >= 0.3 is 0 Å². The van der Waals surface area contributed by atoms with E-state index in [-0.39, 0.29) is 12.1 Å². The van der Waals surface area contributed by atoms with Crippen LogP contribution in [0.25, 0.3) is 0 Å². The molecule has 1 aromatic carbocycles. The molecule has 102 valence electrons. The van der Waals surface area contributed by atoms with Gasteiger partial charge in [0, 0.05) is 18.7 Å². The Hall–Kier alpha value is -1.00. The van der Waals surface area contributed by atoms with E-state index in [1.165, 1.54) is 12.1 Å². The van der Waals surface area contributed by atoms with Gasteiger partial charge in [-0.15, -0.1) is 0 Å². The molecule has 0 spiro atoms. The molecule has 18 heavy (non-hydrogen) atoms. The van der Waals surface area contributed by atoms with Crippen LogP contribution in [0.2, 0.25) is 0 Å². The SMILES string of the molecule is CC(C)OCCCNC(C)c1cc(F)cc(F)c1. The molecule has 0 bridgehead atoms. The van der Waals surface area contributed by atoms with Crippen molar-refractivity contribution < 1.29 is 13.5 Å². The van der Waals surface area contributed by atoms with Gasteiger partial charge < -0.3 is 10.1 Å². The van der Waals surface area contributed by atoms with Crippen molar-refractivity contribution in [1.29, 1.82) is 0 Å². The maximum absolute atomic E-state index is 13.0. The van der Waals surface area contributed by atoms with Crippen molar-refractivity contribution in [2.45, 2.75) is 39.3 Å². The van der Waals surface area contributed by atoms with Crippen molar-refractivity contribution in [2.24, 2.45) is 0 Å². The average Bonchev–Trinajstić information content (AvgIpc) is 2.26. The van der Waals surface area contributed by atoms with Crippen LogP contribution in [-0.4, -0.2) is 19.3 Å². The predicted molar refractivity (Wildman–Crippen MR) is 68.5 cm³/mol. The second kappa shape index (κ2) is 7.44. The van der Waals surface area contributed by atoms with E-state index in [4.69, 9.17) is 4.74 Å². The molecule has 0 amide bonds. The Morgan fingerprint density at radius 3 is 2.28 bits per heavy atom. The molecule has 1 N–H and O–H groups in total. The van der Waals surface area contributed by atoms with Crippen LogP contribution >= 0.6 is 0 Å². The third-order valence-electron chi connectivity index (χ3n) is 2.61. The molecule has 0 aliphatic heterocycles. The number of hydrogen-bond acceptors (Lipinski definition) is 2. The van der Waals surface area contributed by atoms with Crippen LogP contribution < -0.4 is 5.32 Å². The molecule has 1 rings (SSSR count). The molecule has 2 nitrogen and oxygen atoms in total. The van der Waals surface area contributed by atoms with Crippen molar-refractivity contribution in [2.75, 3.05) is 13.2 Å². The van der Waals surface area contributed by atoms with Crippen LogP contribution in [0.5, 0.6) is 0 Å². The molecule has 0 saturated carbocycles. The van der Waals surface area contributed by atoms with Gasteiger partial charge in [0.25, 0.3) is 0 Å². The quantitative estimate of drug-likeness (QED) is 0.756. The average molecular weight is 257 g/mol. The second-order valence-corrected chi connectivity index (χ2v) is 4.65. The van der Waals surface area contributed by atoms with Crippen molar-refractivity contribution in [1.82, 2.24) is 5.32 Å². The van der Waals surface area contributed by atoms with Gasteiger partial charge in [-0.1, -0.05) is 0 Å². The van der Waals surface area contributed by atoms with E-state index in [0.29, 0.717) is 12.2 Å². The lowest BCUT2D eigenvalue weighted by molar-refractivity contribution is 0.0768. The molecule has 0 aliphatic carbocycles. The summed E-state index contributed by atoms with van der Waals surface area (Å²) in [7, 11) is 0. The maximum atomic E-state index is 13.0. The van der Waals surface area contributed by atoms with Crippen LogP contribution in [0, 0.1) is 11.6 Å². The smallest absolute Gasteiger partial charge is 0.126 e. The lowest BCUT2D eigenvalue weighted by Crippen LogP contribution is -2.21. The largest absolute Gasteiger partial charge is 0.379 e. The minimum atomic E-state index is -0.540. The molecular formula is C14H21F2NO. The highest BCUT2D eigenvalue weighted by Gasteiger charge is 2.07. The van der Waals surface area contributed by atoms with E-state index in [1.807, 2.05) is 20.8 Å². The summed E-state index contributed by atoms with van der Waals surface area (Å²) in [6, 6.07) is 3.51. The van der Waals surface area contributed by atoms with Gasteiger partial charge in [-0.25, -0.2) is 8.78 Å². The molecular weight excluding hydrogens is 236 g/mol. The molecule has 4 heteroatoms. The van der Waals surface area contributed by atoms with E-state index in [9.17, 15) is 8.78 Å². The summed E-state index contributed by atoms with van der Waals surface area (Å²) in [6.07, 6.45) is 1.11. The number of rotatable bonds is 7. The first-order valence-corrected chi connectivity index (χ1v) is 6.30. The fraction of sp³-hybridized carbons (Fsp3) is 0.571. The fourth-order valence-corrected chi connectivity index (χ4v) is 1.65. The van der Waals surface area contributed by atoms with Gasteiger partial charge in [0.15, 0.2) is 0 Å². The van der Waals surface area contributed by atoms with E-state index in [2.05, 4.69) is 5.32 Å². The van der Waals surface area contributed by atoms with Gasteiger partial charge in [0.1, 0.15) is 11.6 Å². The van der Waals surface area contributed by atoms with E-state index in [0.717, 1.165) is 19.0 Å². The number of ether oxygens (including phenoxy) is 1. The van der Waals surface area contributed by atoms with Gasteiger partial charge in [-0.3, -0.25) is 0 Å². The van der Waals surface area contributed by atoms with Gasteiger partial charge in [0.05, 0.1) is 6.10 Å². The van der Waals surface area contributed by atoms with Crippen molar-refractivity contribution in [3.05, 3.63) is 35.4 Å². The zero-order valence-corrected chi connectivity index (χ0v) is 11.2. The van der Waals surface area contributed by atoms with Crippen molar-refractivity contribution in [3.63, 3.8) is 0 Å². The molecule has 0 radical (unpaired) electrons. The zero-order chi connectivity index (χ0) is 13.5. The highest BCUT2D eigenvalue weighted by molar-refractivity contribution is 5.20. The Bertz CT molecular complexity index is 349. The first-order chi connectivity index (χ1) is 8.49. The zero-order valence-electron chi connectivity index (χ0n) is 11.2. The Morgan fingerprint density at radius 1 is 1.11 bits per heavy atom. The first-order valence-electron chi connectivity index (χ1n) is 6.30. The van der Waals surface area contributed by atoms with Crippen LogP contribution in [-0.2, 0) is 4.74 Å². The van der Waals surface area contributed by atoms with Gasteiger partial charge in [-0.2, -0.15) is 0 Å².